The van der Waals surface area contributed by atoms with Crippen LogP contribution in [0.25, 0.3) is 0 Å². The van der Waals surface area contributed by atoms with E-state index in [2.05, 4.69) is 60.0 Å². The standard InChI is InChI=1S/C23H26ClN5O2S/c1-5-12-29-20(14-31-18-9-6-16(7-10-18)23(2,3)4)27-28-22(29)32-15-21(30)26-19-11-8-17(24)13-25-19/h5-11,13H,1,12,14-15H2,2-4H3,(H,25,26,30). The van der Waals surface area contributed by atoms with Gasteiger partial charge in [0.2, 0.25) is 5.91 Å². The Morgan fingerprint density at radius 2 is 1.97 bits per heavy atom. The van der Waals surface area contributed by atoms with Crippen molar-refractivity contribution >= 4 is 35.1 Å². The number of allylic oxidation sites excluding steroid dienone is 1. The first-order chi connectivity index (χ1) is 15.3. The Hall–Kier alpha value is -2.84. The van der Waals surface area contributed by atoms with Crippen LogP contribution in [0.2, 0.25) is 5.02 Å². The molecule has 168 valence electrons. The van der Waals surface area contributed by atoms with Crippen LogP contribution >= 0.6 is 23.4 Å². The predicted molar refractivity (Wildman–Crippen MR) is 128 cm³/mol. The first-order valence-corrected chi connectivity index (χ1v) is 11.4. The lowest BCUT2D eigenvalue weighted by molar-refractivity contribution is -0.113. The van der Waals surface area contributed by atoms with Crippen molar-refractivity contribution in [3.63, 3.8) is 0 Å². The number of carbonyl (C=O) groups excluding carboxylic acids is 1. The van der Waals surface area contributed by atoms with Gasteiger partial charge in [0.15, 0.2) is 11.0 Å². The van der Waals surface area contributed by atoms with Gasteiger partial charge in [0.05, 0.1) is 10.8 Å². The van der Waals surface area contributed by atoms with Crippen molar-refractivity contribution in [3.05, 3.63) is 71.7 Å². The van der Waals surface area contributed by atoms with Crippen molar-refractivity contribution in [1.82, 2.24) is 19.7 Å². The van der Waals surface area contributed by atoms with Crippen molar-refractivity contribution in [1.29, 1.82) is 0 Å². The molecule has 0 unspecified atom stereocenters. The summed E-state index contributed by atoms with van der Waals surface area (Å²) in [5.41, 5.74) is 1.33. The molecule has 0 fully saturated rings. The van der Waals surface area contributed by atoms with Crippen molar-refractivity contribution in [2.75, 3.05) is 11.1 Å². The van der Waals surface area contributed by atoms with Crippen LogP contribution < -0.4 is 10.1 Å². The van der Waals surface area contributed by atoms with Crippen molar-refractivity contribution in [2.24, 2.45) is 0 Å². The zero-order chi connectivity index (χ0) is 23.1. The van der Waals surface area contributed by atoms with Gasteiger partial charge in [-0.2, -0.15) is 0 Å². The minimum atomic E-state index is -0.199. The maximum absolute atomic E-state index is 12.2. The summed E-state index contributed by atoms with van der Waals surface area (Å²) < 4.78 is 7.79. The number of hydrogen-bond donors (Lipinski definition) is 1. The van der Waals surface area contributed by atoms with E-state index in [9.17, 15) is 4.79 Å². The van der Waals surface area contributed by atoms with Gasteiger partial charge < -0.3 is 10.1 Å². The average molecular weight is 472 g/mol. The van der Waals surface area contributed by atoms with Crippen LogP contribution in [0.4, 0.5) is 5.82 Å². The fourth-order valence-electron chi connectivity index (χ4n) is 2.80. The lowest BCUT2D eigenvalue weighted by Gasteiger charge is -2.19. The average Bonchev–Trinajstić information content (AvgIpc) is 3.14. The van der Waals surface area contributed by atoms with E-state index in [1.807, 2.05) is 16.7 Å². The summed E-state index contributed by atoms with van der Waals surface area (Å²) in [5, 5.41) is 12.3. The molecular formula is C23H26ClN5O2S. The lowest BCUT2D eigenvalue weighted by Crippen LogP contribution is -2.15. The van der Waals surface area contributed by atoms with E-state index in [-0.39, 0.29) is 23.7 Å². The Labute approximate surface area is 197 Å². The molecule has 1 N–H and O–H groups in total. The third kappa shape index (κ3) is 6.58. The van der Waals surface area contributed by atoms with Gasteiger partial charge >= 0.3 is 0 Å². The van der Waals surface area contributed by atoms with Crippen LogP contribution in [-0.4, -0.2) is 31.4 Å². The molecule has 3 rings (SSSR count). The largest absolute Gasteiger partial charge is 0.486 e. The molecule has 0 radical (unpaired) electrons. The summed E-state index contributed by atoms with van der Waals surface area (Å²) in [4.78, 5) is 16.3. The maximum Gasteiger partial charge on any atom is 0.236 e. The number of halogens is 1. The Bertz CT molecular complexity index is 1060. The summed E-state index contributed by atoms with van der Waals surface area (Å²) in [6.45, 7) is 11.1. The first kappa shape index (κ1) is 23.8. The highest BCUT2D eigenvalue weighted by Crippen LogP contribution is 2.25. The number of rotatable bonds is 9. The number of pyridine rings is 1. The molecule has 3 aromatic rings. The molecular weight excluding hydrogens is 446 g/mol. The molecule has 1 aromatic carbocycles. The monoisotopic (exact) mass is 471 g/mol. The number of carbonyl (C=O) groups is 1. The molecule has 0 spiro atoms. The quantitative estimate of drug-likeness (QED) is 0.344. The van der Waals surface area contributed by atoms with E-state index in [1.54, 1.807) is 18.2 Å². The van der Waals surface area contributed by atoms with Crippen LogP contribution in [0.3, 0.4) is 0 Å². The van der Waals surface area contributed by atoms with E-state index in [0.29, 0.717) is 28.4 Å². The van der Waals surface area contributed by atoms with Crippen LogP contribution in [0.15, 0.2) is 60.4 Å². The van der Waals surface area contributed by atoms with Gasteiger partial charge in [0.25, 0.3) is 0 Å². The molecule has 0 atom stereocenters. The third-order valence-electron chi connectivity index (χ3n) is 4.52. The second-order valence-electron chi connectivity index (χ2n) is 8.06. The zero-order valence-electron chi connectivity index (χ0n) is 18.3. The number of thioether (sulfide) groups is 1. The second-order valence-corrected chi connectivity index (χ2v) is 9.44. The SMILES string of the molecule is C=CCn1c(COc2ccc(C(C)(C)C)cc2)nnc1SCC(=O)Nc1ccc(Cl)cn1. The van der Waals surface area contributed by atoms with Gasteiger partial charge in [-0.1, -0.05) is 62.3 Å². The lowest BCUT2D eigenvalue weighted by atomic mass is 9.87. The Morgan fingerprint density at radius 1 is 1.22 bits per heavy atom. The topological polar surface area (TPSA) is 81.9 Å². The molecule has 0 aliphatic rings. The number of aromatic nitrogens is 4. The Morgan fingerprint density at radius 3 is 2.59 bits per heavy atom. The first-order valence-electron chi connectivity index (χ1n) is 10.1. The van der Waals surface area contributed by atoms with E-state index in [4.69, 9.17) is 16.3 Å². The smallest absolute Gasteiger partial charge is 0.236 e. The summed E-state index contributed by atoms with van der Waals surface area (Å²) >= 11 is 7.10. The number of hydrogen-bond acceptors (Lipinski definition) is 6. The summed E-state index contributed by atoms with van der Waals surface area (Å²) in [6, 6.07) is 11.4. The maximum atomic E-state index is 12.2. The van der Waals surface area contributed by atoms with Crippen molar-refractivity contribution in [3.8, 4) is 5.75 Å². The fourth-order valence-corrected chi connectivity index (χ4v) is 3.68. The second kappa shape index (κ2) is 10.7. The van der Waals surface area contributed by atoms with Crippen LogP contribution in [0.5, 0.6) is 5.75 Å². The normalized spacial score (nSPS) is 11.2. The summed E-state index contributed by atoms with van der Waals surface area (Å²) in [6.07, 6.45) is 3.24. The van der Waals surface area contributed by atoms with Crippen LogP contribution in [0, 0.1) is 0 Å². The number of ether oxygens (including phenoxy) is 1. The number of anilines is 1. The molecule has 32 heavy (non-hydrogen) atoms. The van der Waals surface area contributed by atoms with Crippen molar-refractivity contribution < 1.29 is 9.53 Å². The minimum absolute atomic E-state index is 0.0880. The molecule has 2 heterocycles. The van der Waals surface area contributed by atoms with E-state index >= 15 is 0 Å². The van der Waals surface area contributed by atoms with Gasteiger partial charge in [0.1, 0.15) is 18.2 Å². The predicted octanol–water partition coefficient (Wildman–Crippen LogP) is 5.12. The summed E-state index contributed by atoms with van der Waals surface area (Å²) in [7, 11) is 0. The number of nitrogens with one attached hydrogen (secondary N) is 1. The zero-order valence-corrected chi connectivity index (χ0v) is 19.9. The molecule has 0 aliphatic carbocycles. The molecule has 0 bridgehead atoms. The molecule has 0 saturated heterocycles. The molecule has 2 aromatic heterocycles. The van der Waals surface area contributed by atoms with Gasteiger partial charge in [0, 0.05) is 12.7 Å². The highest BCUT2D eigenvalue weighted by atomic mass is 35.5. The fraction of sp³-hybridized carbons (Fsp3) is 0.304. The van der Waals surface area contributed by atoms with E-state index in [0.717, 1.165) is 5.75 Å². The van der Waals surface area contributed by atoms with Gasteiger partial charge in [-0.3, -0.25) is 9.36 Å². The third-order valence-corrected chi connectivity index (χ3v) is 5.71. The van der Waals surface area contributed by atoms with E-state index in [1.165, 1.54) is 23.5 Å². The molecule has 9 heteroatoms. The van der Waals surface area contributed by atoms with Gasteiger partial charge in [-0.25, -0.2) is 4.98 Å². The molecule has 1 amide bonds. The molecule has 7 nitrogen and oxygen atoms in total. The van der Waals surface area contributed by atoms with Crippen LogP contribution in [0.1, 0.15) is 32.2 Å². The van der Waals surface area contributed by atoms with Gasteiger partial charge in [-0.05, 0) is 35.2 Å². The Balaban J connectivity index is 1.60. The minimum Gasteiger partial charge on any atom is -0.486 e. The van der Waals surface area contributed by atoms with Gasteiger partial charge in [-0.15, -0.1) is 16.8 Å². The van der Waals surface area contributed by atoms with Crippen molar-refractivity contribution in [2.45, 2.75) is 44.5 Å². The summed E-state index contributed by atoms with van der Waals surface area (Å²) in [5.74, 6) is 1.82. The number of nitrogens with zero attached hydrogens (tertiary/aromatic N) is 4. The number of amides is 1. The Kier molecular flexibility index (Phi) is 7.93. The molecule has 0 aliphatic heterocycles. The number of benzene rings is 1. The highest BCUT2D eigenvalue weighted by Gasteiger charge is 2.16. The van der Waals surface area contributed by atoms with Crippen LogP contribution in [-0.2, 0) is 23.4 Å². The van der Waals surface area contributed by atoms with E-state index < -0.39 is 0 Å². The molecule has 0 saturated carbocycles. The highest BCUT2D eigenvalue weighted by molar-refractivity contribution is 7.99.